The molecule has 3 rings (SSSR count). The van der Waals surface area contributed by atoms with E-state index in [1.165, 1.54) is 22.5 Å². The van der Waals surface area contributed by atoms with Gasteiger partial charge in [-0.1, -0.05) is 0 Å². The Kier molecular flexibility index (Phi) is 5.05. The average molecular weight is 372 g/mol. The van der Waals surface area contributed by atoms with Crippen LogP contribution in [0.5, 0.6) is 0 Å². The number of aromatic nitrogens is 2. The van der Waals surface area contributed by atoms with Crippen molar-refractivity contribution in [2.75, 3.05) is 0 Å². The van der Waals surface area contributed by atoms with Gasteiger partial charge in [0.1, 0.15) is 0 Å². The third kappa shape index (κ3) is 2.64. The highest BCUT2D eigenvalue weighted by Crippen LogP contribution is 2.16. The minimum absolute atomic E-state index is 0. The van der Waals surface area contributed by atoms with Crippen LogP contribution in [0.4, 0.5) is 0 Å². The molecule has 0 saturated carbocycles. The number of halogens is 2. The predicted molar refractivity (Wildman–Crippen MR) is 61.7 cm³/mol. The zero-order valence-electron chi connectivity index (χ0n) is 10.5. The third-order valence-corrected chi connectivity index (χ3v) is 3.23. The highest BCUT2D eigenvalue weighted by molar-refractivity contribution is 5.49. The molecule has 0 saturated heterocycles. The van der Waals surface area contributed by atoms with Crippen molar-refractivity contribution in [1.82, 2.24) is 0 Å². The summed E-state index contributed by atoms with van der Waals surface area (Å²) in [7, 11) is 0. The standard InChI is InChI=1S/C14H16N2.2BrH/c1-11-3-5-15-7-8-16-6-4-12(2)10-14(16)13(15)9-11;;/h3-6,9-10H,7-8H2,1-2H3;2*1H/q+2;;/p-2. The van der Waals surface area contributed by atoms with Crippen molar-refractivity contribution in [3.63, 3.8) is 0 Å². The van der Waals surface area contributed by atoms with Crippen molar-refractivity contribution >= 4 is 0 Å². The Labute approximate surface area is 129 Å². The van der Waals surface area contributed by atoms with Gasteiger partial charge >= 0.3 is 0 Å². The van der Waals surface area contributed by atoms with E-state index in [9.17, 15) is 0 Å². The molecule has 1 aliphatic rings. The molecule has 0 spiro atoms. The molecule has 96 valence electrons. The quantitative estimate of drug-likeness (QED) is 0.413. The fraction of sp³-hybridized carbons (Fsp3) is 0.286. The second-order valence-electron chi connectivity index (χ2n) is 4.57. The van der Waals surface area contributed by atoms with E-state index >= 15 is 0 Å². The summed E-state index contributed by atoms with van der Waals surface area (Å²) in [6.45, 7) is 6.43. The third-order valence-electron chi connectivity index (χ3n) is 3.23. The Balaban J connectivity index is 0.000000810. The van der Waals surface area contributed by atoms with Gasteiger partial charge in [0.2, 0.25) is 13.1 Å². The van der Waals surface area contributed by atoms with Crippen LogP contribution in [0.3, 0.4) is 0 Å². The molecule has 0 unspecified atom stereocenters. The fourth-order valence-corrected chi connectivity index (χ4v) is 2.32. The first kappa shape index (κ1) is 15.3. The van der Waals surface area contributed by atoms with E-state index in [1.807, 2.05) is 0 Å². The summed E-state index contributed by atoms with van der Waals surface area (Å²) in [5.41, 5.74) is 5.30. The Morgan fingerprint density at radius 3 is 1.56 bits per heavy atom. The molecule has 0 radical (unpaired) electrons. The SMILES string of the molecule is Cc1cc[n+]2c(c1)-c1cc(C)cc[n+]1CC2.[Br-].[Br-]. The topological polar surface area (TPSA) is 7.76 Å². The van der Waals surface area contributed by atoms with Crippen LogP contribution >= 0.6 is 0 Å². The van der Waals surface area contributed by atoms with Crippen molar-refractivity contribution in [2.24, 2.45) is 0 Å². The van der Waals surface area contributed by atoms with E-state index in [1.54, 1.807) is 0 Å². The van der Waals surface area contributed by atoms with E-state index in [2.05, 4.69) is 59.6 Å². The van der Waals surface area contributed by atoms with Gasteiger partial charge in [0.15, 0.2) is 12.4 Å². The number of nitrogens with zero attached hydrogens (tertiary/aromatic N) is 2. The molecular formula is C14H16Br2N2. The summed E-state index contributed by atoms with van der Waals surface area (Å²) in [5, 5.41) is 0. The Bertz CT molecular complexity index is 516. The van der Waals surface area contributed by atoms with Gasteiger partial charge in [0.05, 0.1) is 0 Å². The lowest BCUT2D eigenvalue weighted by Crippen LogP contribution is -3.00. The number of rotatable bonds is 0. The number of hydrogen-bond acceptors (Lipinski definition) is 0. The molecule has 0 aromatic carbocycles. The molecule has 3 heterocycles. The number of pyridine rings is 2. The first-order valence-corrected chi connectivity index (χ1v) is 5.74. The summed E-state index contributed by atoms with van der Waals surface area (Å²) >= 11 is 0. The highest BCUT2D eigenvalue weighted by Gasteiger charge is 2.28. The maximum Gasteiger partial charge on any atom is 0.277 e. The lowest BCUT2D eigenvalue weighted by atomic mass is 10.1. The second-order valence-corrected chi connectivity index (χ2v) is 4.57. The molecule has 0 aliphatic carbocycles. The Hall–Kier alpha value is -0.740. The molecule has 1 aliphatic heterocycles. The van der Waals surface area contributed by atoms with E-state index in [0.29, 0.717) is 0 Å². The lowest BCUT2D eigenvalue weighted by molar-refractivity contribution is -0.795. The lowest BCUT2D eigenvalue weighted by Gasteiger charge is -2.10. The van der Waals surface area contributed by atoms with Gasteiger partial charge in [-0.3, -0.25) is 0 Å². The van der Waals surface area contributed by atoms with Gasteiger partial charge < -0.3 is 34.0 Å². The molecule has 0 N–H and O–H groups in total. The van der Waals surface area contributed by atoms with E-state index in [4.69, 9.17) is 0 Å². The summed E-state index contributed by atoms with van der Waals surface area (Å²) in [4.78, 5) is 0. The Morgan fingerprint density at radius 1 is 0.778 bits per heavy atom. The first-order valence-electron chi connectivity index (χ1n) is 5.74. The van der Waals surface area contributed by atoms with Crippen molar-refractivity contribution in [2.45, 2.75) is 26.9 Å². The van der Waals surface area contributed by atoms with Crippen LogP contribution in [0, 0.1) is 13.8 Å². The monoisotopic (exact) mass is 370 g/mol. The van der Waals surface area contributed by atoms with Crippen LogP contribution in [-0.4, -0.2) is 0 Å². The normalized spacial score (nSPS) is 11.7. The second kappa shape index (κ2) is 5.93. The highest BCUT2D eigenvalue weighted by atomic mass is 79.9. The minimum Gasteiger partial charge on any atom is -1.00 e. The fourth-order valence-electron chi connectivity index (χ4n) is 2.32. The maximum atomic E-state index is 2.34. The molecule has 2 aromatic rings. The van der Waals surface area contributed by atoms with E-state index in [0.717, 1.165) is 13.1 Å². The predicted octanol–water partition coefficient (Wildman–Crippen LogP) is -4.43. The van der Waals surface area contributed by atoms with Crippen LogP contribution in [0.2, 0.25) is 0 Å². The molecule has 0 fully saturated rings. The minimum atomic E-state index is 0. The molecule has 2 nitrogen and oxygen atoms in total. The maximum absolute atomic E-state index is 2.34. The van der Waals surface area contributed by atoms with Crippen LogP contribution in [-0.2, 0) is 13.1 Å². The molecule has 4 heteroatoms. The number of hydrogen-bond donors (Lipinski definition) is 0. The van der Waals surface area contributed by atoms with Gasteiger partial charge in [-0.15, -0.1) is 0 Å². The van der Waals surface area contributed by atoms with Gasteiger partial charge in [-0.05, 0) is 25.0 Å². The zero-order valence-corrected chi connectivity index (χ0v) is 13.7. The van der Waals surface area contributed by atoms with E-state index in [-0.39, 0.29) is 34.0 Å². The van der Waals surface area contributed by atoms with Crippen molar-refractivity contribution in [1.29, 1.82) is 0 Å². The molecule has 18 heavy (non-hydrogen) atoms. The van der Waals surface area contributed by atoms with Gasteiger partial charge in [0.25, 0.3) is 11.4 Å². The number of aryl methyl sites for hydroxylation is 4. The molecular weight excluding hydrogens is 356 g/mol. The largest absolute Gasteiger partial charge is 1.00 e. The molecule has 2 aromatic heterocycles. The zero-order chi connectivity index (χ0) is 11.1. The molecule has 0 amide bonds. The Morgan fingerprint density at radius 2 is 1.17 bits per heavy atom. The van der Waals surface area contributed by atoms with Crippen molar-refractivity contribution in [3.05, 3.63) is 47.8 Å². The van der Waals surface area contributed by atoms with Crippen LogP contribution in [0.15, 0.2) is 36.7 Å². The van der Waals surface area contributed by atoms with Crippen LogP contribution < -0.4 is 43.1 Å². The summed E-state index contributed by atoms with van der Waals surface area (Å²) in [6.07, 6.45) is 4.38. The van der Waals surface area contributed by atoms with Crippen molar-refractivity contribution < 1.29 is 43.1 Å². The summed E-state index contributed by atoms with van der Waals surface area (Å²) < 4.78 is 4.67. The smallest absolute Gasteiger partial charge is 0.277 e. The van der Waals surface area contributed by atoms with Gasteiger partial charge in [-0.25, -0.2) is 0 Å². The van der Waals surface area contributed by atoms with Crippen molar-refractivity contribution in [3.8, 4) is 11.4 Å². The summed E-state index contributed by atoms with van der Waals surface area (Å²) in [6, 6.07) is 8.89. The van der Waals surface area contributed by atoms with E-state index < -0.39 is 0 Å². The summed E-state index contributed by atoms with van der Waals surface area (Å²) in [5.74, 6) is 0. The van der Waals surface area contributed by atoms with Crippen LogP contribution in [0.25, 0.3) is 11.4 Å². The average Bonchev–Trinajstić information content (AvgIpc) is 2.29. The first-order chi connectivity index (χ1) is 7.74. The van der Waals surface area contributed by atoms with Gasteiger partial charge in [-0.2, -0.15) is 9.13 Å². The number of fused-ring (bicyclic) bond motifs is 3. The van der Waals surface area contributed by atoms with Gasteiger partial charge in [0, 0.05) is 24.3 Å². The molecule has 0 bridgehead atoms. The molecule has 0 atom stereocenters. The van der Waals surface area contributed by atoms with Crippen LogP contribution in [0.1, 0.15) is 11.1 Å².